The topological polar surface area (TPSA) is 95.1 Å². The van der Waals surface area contributed by atoms with Crippen LogP contribution in [0.4, 0.5) is 0 Å². The number of carbonyl (C=O) groups excluding carboxylic acids is 1. The molecule has 1 amide bonds. The molecular formula is C12H17N3O3. The summed E-state index contributed by atoms with van der Waals surface area (Å²) in [4.78, 5) is 29.6. The normalized spacial score (nSPS) is 18.1. The fourth-order valence-corrected chi connectivity index (χ4v) is 1.93. The molecule has 1 saturated carbocycles. The lowest BCUT2D eigenvalue weighted by molar-refractivity contribution is -0.142. The molecule has 3 N–H and O–H groups in total. The summed E-state index contributed by atoms with van der Waals surface area (Å²) in [6, 6.07) is -0.904. The molecule has 2 atom stereocenters. The molecule has 1 fully saturated rings. The van der Waals surface area contributed by atoms with Gasteiger partial charge >= 0.3 is 5.97 Å². The number of aromatic amines is 1. The zero-order valence-corrected chi connectivity index (χ0v) is 10.2. The Morgan fingerprint density at radius 3 is 2.83 bits per heavy atom. The van der Waals surface area contributed by atoms with E-state index in [0.29, 0.717) is 11.6 Å². The number of nitrogens with zero attached hydrogens (tertiary/aromatic N) is 1. The monoisotopic (exact) mass is 251 g/mol. The highest BCUT2D eigenvalue weighted by Crippen LogP contribution is 2.36. The molecule has 6 nitrogen and oxygen atoms in total. The summed E-state index contributed by atoms with van der Waals surface area (Å²) in [5.41, 5.74) is 0.696. The second kappa shape index (κ2) is 5.20. The smallest absolute Gasteiger partial charge is 0.326 e. The summed E-state index contributed by atoms with van der Waals surface area (Å²) in [6.07, 6.45) is 5.40. The molecular weight excluding hydrogens is 234 g/mol. The van der Waals surface area contributed by atoms with Gasteiger partial charge in [-0.3, -0.25) is 4.79 Å². The Bertz CT molecular complexity index is 426. The van der Waals surface area contributed by atoms with Gasteiger partial charge in [-0.25, -0.2) is 9.78 Å². The summed E-state index contributed by atoms with van der Waals surface area (Å²) < 4.78 is 0. The van der Waals surface area contributed by atoms with Crippen LogP contribution in [-0.4, -0.2) is 33.0 Å². The second-order valence-electron chi connectivity index (χ2n) is 4.81. The Hall–Kier alpha value is -1.85. The number of imidazole rings is 1. The zero-order valence-electron chi connectivity index (χ0n) is 10.2. The molecule has 0 saturated heterocycles. The first-order valence-corrected chi connectivity index (χ1v) is 6.08. The van der Waals surface area contributed by atoms with E-state index in [9.17, 15) is 9.59 Å². The van der Waals surface area contributed by atoms with Crippen LogP contribution in [-0.2, 0) is 16.0 Å². The lowest BCUT2D eigenvalue weighted by atomic mass is 10.0. The van der Waals surface area contributed by atoms with Crippen LogP contribution >= 0.6 is 0 Å². The SMILES string of the molecule is CC(C(=O)N[C@H](Cc1cnc[nH]1)C(=O)O)C1CC1. The minimum Gasteiger partial charge on any atom is -0.480 e. The van der Waals surface area contributed by atoms with Crippen LogP contribution in [0.25, 0.3) is 0 Å². The maximum absolute atomic E-state index is 11.9. The van der Waals surface area contributed by atoms with Gasteiger partial charge in [0.1, 0.15) is 6.04 Å². The summed E-state index contributed by atoms with van der Waals surface area (Å²) in [5.74, 6) is -0.884. The number of carbonyl (C=O) groups is 2. The number of H-pyrrole nitrogens is 1. The molecule has 1 aliphatic carbocycles. The number of carboxylic acid groups (broad SMARTS) is 1. The predicted molar refractivity (Wildman–Crippen MR) is 63.7 cm³/mol. The van der Waals surface area contributed by atoms with E-state index < -0.39 is 12.0 Å². The first-order valence-electron chi connectivity index (χ1n) is 6.08. The minimum atomic E-state index is -1.03. The van der Waals surface area contributed by atoms with E-state index in [1.165, 1.54) is 6.33 Å². The largest absolute Gasteiger partial charge is 0.480 e. The summed E-state index contributed by atoms with van der Waals surface area (Å²) in [7, 11) is 0. The Kier molecular flexibility index (Phi) is 3.64. The predicted octanol–water partition coefficient (Wildman–Crippen LogP) is 0.568. The van der Waals surface area contributed by atoms with Crippen molar-refractivity contribution in [3.63, 3.8) is 0 Å². The average molecular weight is 251 g/mol. The number of carboxylic acids is 1. The van der Waals surface area contributed by atoms with Crippen molar-refractivity contribution in [1.29, 1.82) is 0 Å². The Labute approximate surface area is 105 Å². The zero-order chi connectivity index (χ0) is 13.1. The molecule has 0 bridgehead atoms. The van der Waals surface area contributed by atoms with Gasteiger partial charge in [-0.1, -0.05) is 6.92 Å². The quantitative estimate of drug-likeness (QED) is 0.688. The Morgan fingerprint density at radius 2 is 2.33 bits per heavy atom. The molecule has 0 spiro atoms. The average Bonchev–Trinajstić information content (AvgIpc) is 3.06. The van der Waals surface area contributed by atoms with Gasteiger partial charge in [0.05, 0.1) is 6.33 Å². The van der Waals surface area contributed by atoms with Gasteiger partial charge in [0.25, 0.3) is 0 Å². The van der Waals surface area contributed by atoms with Crippen LogP contribution in [0.2, 0.25) is 0 Å². The Morgan fingerprint density at radius 1 is 1.61 bits per heavy atom. The van der Waals surface area contributed by atoms with Gasteiger partial charge in [-0.15, -0.1) is 0 Å². The van der Waals surface area contributed by atoms with Crippen molar-refractivity contribution in [3.8, 4) is 0 Å². The van der Waals surface area contributed by atoms with Crippen molar-refractivity contribution >= 4 is 11.9 Å². The van der Waals surface area contributed by atoms with Crippen LogP contribution in [0, 0.1) is 11.8 Å². The summed E-state index contributed by atoms with van der Waals surface area (Å²) in [6.45, 7) is 1.85. The van der Waals surface area contributed by atoms with Crippen LogP contribution in [0.15, 0.2) is 12.5 Å². The number of hydrogen-bond donors (Lipinski definition) is 3. The molecule has 0 aliphatic heterocycles. The van der Waals surface area contributed by atoms with E-state index in [0.717, 1.165) is 12.8 Å². The minimum absolute atomic E-state index is 0.103. The maximum atomic E-state index is 11.9. The van der Waals surface area contributed by atoms with Crippen LogP contribution in [0.5, 0.6) is 0 Å². The van der Waals surface area contributed by atoms with Gasteiger partial charge < -0.3 is 15.4 Å². The number of amides is 1. The third kappa shape index (κ3) is 3.09. The molecule has 0 aromatic carbocycles. The standard InChI is InChI=1S/C12H17N3O3/c1-7(8-2-3-8)11(16)15-10(12(17)18)4-9-5-13-6-14-9/h5-8,10H,2-4H2,1H3,(H,13,14)(H,15,16)(H,17,18)/t7?,10-/m1/s1. The van der Waals surface area contributed by atoms with Crippen LogP contribution in [0.3, 0.4) is 0 Å². The molecule has 18 heavy (non-hydrogen) atoms. The van der Waals surface area contributed by atoms with E-state index in [-0.39, 0.29) is 18.2 Å². The van der Waals surface area contributed by atoms with E-state index in [4.69, 9.17) is 5.11 Å². The lowest BCUT2D eigenvalue weighted by Crippen LogP contribution is -2.44. The van der Waals surface area contributed by atoms with Gasteiger partial charge in [-0.05, 0) is 18.8 Å². The fraction of sp³-hybridized carbons (Fsp3) is 0.583. The molecule has 1 unspecified atom stereocenters. The third-order valence-electron chi connectivity index (χ3n) is 3.34. The highest BCUT2D eigenvalue weighted by Gasteiger charge is 2.34. The lowest BCUT2D eigenvalue weighted by Gasteiger charge is -2.17. The molecule has 1 aromatic heterocycles. The van der Waals surface area contributed by atoms with E-state index in [1.807, 2.05) is 6.92 Å². The van der Waals surface area contributed by atoms with Crippen molar-refractivity contribution < 1.29 is 14.7 Å². The Balaban J connectivity index is 1.93. The summed E-state index contributed by atoms with van der Waals surface area (Å²) >= 11 is 0. The third-order valence-corrected chi connectivity index (χ3v) is 3.34. The number of rotatable bonds is 6. The molecule has 1 aromatic rings. The number of nitrogens with one attached hydrogen (secondary N) is 2. The molecule has 1 aliphatic rings. The maximum Gasteiger partial charge on any atom is 0.326 e. The number of hydrogen-bond acceptors (Lipinski definition) is 3. The van der Waals surface area contributed by atoms with Crippen molar-refractivity contribution in [1.82, 2.24) is 15.3 Å². The van der Waals surface area contributed by atoms with E-state index in [1.54, 1.807) is 6.20 Å². The fourth-order valence-electron chi connectivity index (χ4n) is 1.93. The second-order valence-corrected chi connectivity index (χ2v) is 4.81. The van der Waals surface area contributed by atoms with Crippen molar-refractivity contribution in [2.75, 3.05) is 0 Å². The van der Waals surface area contributed by atoms with Crippen molar-refractivity contribution in [3.05, 3.63) is 18.2 Å². The molecule has 1 heterocycles. The summed E-state index contributed by atoms with van der Waals surface area (Å²) in [5, 5.41) is 11.7. The molecule has 0 radical (unpaired) electrons. The molecule has 6 heteroatoms. The molecule has 98 valence electrons. The van der Waals surface area contributed by atoms with Crippen molar-refractivity contribution in [2.45, 2.75) is 32.2 Å². The van der Waals surface area contributed by atoms with Crippen LogP contribution < -0.4 is 5.32 Å². The van der Waals surface area contributed by atoms with E-state index in [2.05, 4.69) is 15.3 Å². The highest BCUT2D eigenvalue weighted by molar-refractivity contribution is 5.85. The number of aliphatic carboxylic acids is 1. The van der Waals surface area contributed by atoms with Gasteiger partial charge in [0.2, 0.25) is 5.91 Å². The van der Waals surface area contributed by atoms with Gasteiger partial charge in [0, 0.05) is 24.2 Å². The van der Waals surface area contributed by atoms with Crippen molar-refractivity contribution in [2.24, 2.45) is 11.8 Å². The van der Waals surface area contributed by atoms with E-state index >= 15 is 0 Å². The first-order chi connectivity index (χ1) is 8.58. The number of aromatic nitrogens is 2. The van der Waals surface area contributed by atoms with Gasteiger partial charge in [0.15, 0.2) is 0 Å². The molecule has 2 rings (SSSR count). The first kappa shape index (κ1) is 12.6. The highest BCUT2D eigenvalue weighted by atomic mass is 16.4. The van der Waals surface area contributed by atoms with Crippen LogP contribution in [0.1, 0.15) is 25.5 Å². The van der Waals surface area contributed by atoms with Gasteiger partial charge in [-0.2, -0.15) is 0 Å².